The number of anilines is 2. The third kappa shape index (κ3) is 6.19. The summed E-state index contributed by atoms with van der Waals surface area (Å²) in [7, 11) is -4.34. The van der Waals surface area contributed by atoms with Crippen molar-refractivity contribution in [3.05, 3.63) is 70.2 Å². The highest BCUT2D eigenvalue weighted by atomic mass is 79.9. The topological polar surface area (TPSA) is 119 Å². The summed E-state index contributed by atoms with van der Waals surface area (Å²) in [5, 5.41) is 2.97. The van der Waals surface area contributed by atoms with E-state index in [9.17, 15) is 17.2 Å². The predicted molar refractivity (Wildman–Crippen MR) is 152 cm³/mol. The first-order chi connectivity index (χ1) is 18.2. The zero-order valence-electron chi connectivity index (χ0n) is 20.0. The Morgan fingerprint density at radius 1 is 1.16 bits per heavy atom. The maximum absolute atomic E-state index is 11.3. The van der Waals surface area contributed by atoms with Crippen LogP contribution >= 0.6 is 27.7 Å². The minimum absolute atomic E-state index is 0.105. The van der Waals surface area contributed by atoms with E-state index in [0.29, 0.717) is 25.3 Å². The van der Waals surface area contributed by atoms with Crippen LogP contribution < -0.4 is 14.5 Å². The van der Waals surface area contributed by atoms with Gasteiger partial charge in [0.15, 0.2) is 6.23 Å². The summed E-state index contributed by atoms with van der Waals surface area (Å²) in [6.07, 6.45) is 2.19. The monoisotopic (exact) mass is 639 g/mol. The summed E-state index contributed by atoms with van der Waals surface area (Å²) in [6.45, 7) is 0.959. The summed E-state index contributed by atoms with van der Waals surface area (Å²) in [6, 6.07) is 17.8. The van der Waals surface area contributed by atoms with Crippen LogP contribution in [-0.2, 0) is 25.7 Å². The Morgan fingerprint density at radius 2 is 1.97 bits per heavy atom. The molecular formula is C25H24BrN2O7S3-. The molecule has 0 radical (unpaired) electrons. The molecule has 1 N–H and O–H groups in total. The standard InChI is InChI=1S/C25H25BrN2O7S3/c26-18-8-9-21-20(15-18)27(11-3-13-34-37(29)30)23(35-21)16-24-28(12-4-14-38(31,32)33)25-19-6-2-1-5-17(19)7-10-22(25)36-24/h1-2,5-10,15-16,23H,3-4,11-14H2,(H,29,30)(H,31,32,33)/p-1. The van der Waals surface area contributed by atoms with Crippen LogP contribution in [0.1, 0.15) is 12.8 Å². The van der Waals surface area contributed by atoms with E-state index in [-0.39, 0.29) is 13.0 Å². The summed E-state index contributed by atoms with van der Waals surface area (Å²) in [5.41, 5.74) is 1.85. The zero-order valence-corrected chi connectivity index (χ0v) is 24.0. The molecule has 2 aliphatic rings. The lowest BCUT2D eigenvalue weighted by molar-refractivity contribution is 0.263. The Bertz CT molecular complexity index is 1520. The zero-order chi connectivity index (χ0) is 26.9. The van der Waals surface area contributed by atoms with Crippen LogP contribution in [0.5, 0.6) is 5.75 Å². The van der Waals surface area contributed by atoms with E-state index >= 15 is 0 Å². The fourth-order valence-corrected chi connectivity index (χ4v) is 6.87. The number of ether oxygens (including phenoxy) is 1. The number of rotatable bonds is 10. The summed E-state index contributed by atoms with van der Waals surface area (Å²) in [4.78, 5) is 5.15. The van der Waals surface area contributed by atoms with Crippen LogP contribution in [0.4, 0.5) is 11.4 Å². The minimum atomic E-state index is -4.34. The Morgan fingerprint density at radius 3 is 2.76 bits per heavy atom. The molecule has 2 aliphatic heterocycles. The Labute approximate surface area is 236 Å². The molecule has 0 aliphatic carbocycles. The van der Waals surface area contributed by atoms with E-state index in [1.54, 1.807) is 11.8 Å². The second kappa shape index (κ2) is 11.5. The summed E-state index contributed by atoms with van der Waals surface area (Å²) < 4.78 is 65.8. The fourth-order valence-electron chi connectivity index (χ4n) is 4.62. The van der Waals surface area contributed by atoms with Crippen LogP contribution in [0.15, 0.2) is 75.1 Å². The Hall–Kier alpha value is -2.13. The van der Waals surface area contributed by atoms with Gasteiger partial charge in [0.1, 0.15) is 5.75 Å². The number of thioether (sulfide) groups is 1. The quantitative estimate of drug-likeness (QED) is 0.183. The van der Waals surface area contributed by atoms with Gasteiger partial charge in [0.2, 0.25) is 0 Å². The number of nitrogens with zero attached hydrogens (tertiary/aromatic N) is 2. The summed E-state index contributed by atoms with van der Waals surface area (Å²) in [5.74, 6) is 0.260. The fraction of sp³-hybridized carbons (Fsp3) is 0.280. The van der Waals surface area contributed by atoms with Crippen molar-refractivity contribution in [3.8, 4) is 5.75 Å². The number of hydrogen-bond donors (Lipinski definition) is 1. The molecule has 0 saturated carbocycles. The molecule has 2 atom stereocenters. The first kappa shape index (κ1) is 27.4. The van der Waals surface area contributed by atoms with Crippen LogP contribution in [0.3, 0.4) is 0 Å². The van der Waals surface area contributed by atoms with Crippen molar-refractivity contribution in [2.75, 3.05) is 35.2 Å². The lowest BCUT2D eigenvalue weighted by atomic mass is 10.1. The van der Waals surface area contributed by atoms with Gasteiger partial charge in [-0.3, -0.25) is 8.74 Å². The molecule has 0 aromatic heterocycles. The van der Waals surface area contributed by atoms with Gasteiger partial charge in [-0.15, -0.1) is 0 Å². The molecular weight excluding hydrogens is 616 g/mol. The number of fused-ring (bicyclic) bond motifs is 4. The largest absolute Gasteiger partial charge is 0.748 e. The smallest absolute Gasteiger partial charge is 0.301 e. The van der Waals surface area contributed by atoms with Gasteiger partial charge in [-0.25, -0.2) is 8.42 Å². The average Bonchev–Trinajstić information content (AvgIpc) is 3.38. The minimum Gasteiger partial charge on any atom is -0.748 e. The molecule has 3 aromatic rings. The molecule has 2 unspecified atom stereocenters. The highest BCUT2D eigenvalue weighted by Crippen LogP contribution is 2.50. The molecule has 0 fully saturated rings. The molecule has 0 saturated heterocycles. The molecule has 9 nitrogen and oxygen atoms in total. The number of hydrogen-bond acceptors (Lipinski definition) is 9. The molecule has 2 heterocycles. The lowest BCUT2D eigenvalue weighted by Crippen LogP contribution is -2.35. The van der Waals surface area contributed by atoms with Crippen LogP contribution in [0.2, 0.25) is 0 Å². The van der Waals surface area contributed by atoms with Gasteiger partial charge >= 0.3 is 11.4 Å². The molecule has 38 heavy (non-hydrogen) atoms. The molecule has 3 aromatic carbocycles. The van der Waals surface area contributed by atoms with Crippen LogP contribution in [0, 0.1) is 0 Å². The first-order valence-corrected chi connectivity index (χ1v) is 16.0. The third-order valence-corrected chi connectivity index (χ3v) is 8.95. The van der Waals surface area contributed by atoms with Gasteiger partial charge in [-0.2, -0.15) is 4.21 Å². The van der Waals surface area contributed by atoms with E-state index in [1.807, 2.05) is 54.6 Å². The van der Waals surface area contributed by atoms with Crippen LogP contribution in [-0.4, -0.2) is 53.4 Å². The SMILES string of the molecule is O=S(O)OCCCN1c2cc(Br)ccc2OC1C=C1Sc2ccc3ccccc3c2N1CCCS(=O)(=O)[O-]. The predicted octanol–water partition coefficient (Wildman–Crippen LogP) is 5.06. The van der Waals surface area contributed by atoms with Crippen molar-refractivity contribution < 1.29 is 30.7 Å². The van der Waals surface area contributed by atoms with Gasteiger partial charge < -0.3 is 19.1 Å². The van der Waals surface area contributed by atoms with Gasteiger partial charge in [0.25, 0.3) is 0 Å². The molecule has 13 heteroatoms. The Balaban J connectivity index is 1.48. The van der Waals surface area contributed by atoms with Crippen LogP contribution in [0.25, 0.3) is 10.8 Å². The molecule has 202 valence electrons. The summed E-state index contributed by atoms with van der Waals surface area (Å²) >= 11 is 2.76. The van der Waals surface area contributed by atoms with Crippen molar-refractivity contribution >= 4 is 71.3 Å². The van der Waals surface area contributed by atoms with Crippen molar-refractivity contribution in [1.82, 2.24) is 0 Å². The maximum atomic E-state index is 11.3. The van der Waals surface area contributed by atoms with E-state index in [2.05, 4.69) is 31.8 Å². The third-order valence-electron chi connectivity index (χ3n) is 6.19. The van der Waals surface area contributed by atoms with Gasteiger partial charge in [0.05, 0.1) is 33.1 Å². The van der Waals surface area contributed by atoms with Gasteiger partial charge in [-0.1, -0.05) is 58.0 Å². The average molecular weight is 641 g/mol. The van der Waals surface area contributed by atoms with Crippen molar-refractivity contribution in [2.45, 2.75) is 24.0 Å². The molecule has 5 rings (SSSR count). The maximum Gasteiger partial charge on any atom is 0.301 e. The molecule has 0 spiro atoms. The van der Waals surface area contributed by atoms with E-state index < -0.39 is 33.5 Å². The highest BCUT2D eigenvalue weighted by Gasteiger charge is 2.33. The van der Waals surface area contributed by atoms with Crippen molar-refractivity contribution in [2.24, 2.45) is 0 Å². The Kier molecular flexibility index (Phi) is 8.33. The van der Waals surface area contributed by atoms with Gasteiger partial charge in [-0.05, 0) is 42.5 Å². The van der Waals surface area contributed by atoms with E-state index in [0.717, 1.165) is 36.5 Å². The number of benzene rings is 3. The second-order valence-electron chi connectivity index (χ2n) is 8.71. The lowest BCUT2D eigenvalue weighted by Gasteiger charge is -2.26. The molecule has 0 bridgehead atoms. The first-order valence-electron chi connectivity index (χ1n) is 11.8. The highest BCUT2D eigenvalue weighted by molar-refractivity contribution is 9.10. The van der Waals surface area contributed by atoms with E-state index in [1.165, 1.54) is 0 Å². The normalized spacial score (nSPS) is 18.6. The molecule has 0 amide bonds. The van der Waals surface area contributed by atoms with Crippen molar-refractivity contribution in [3.63, 3.8) is 0 Å². The van der Waals surface area contributed by atoms with E-state index in [4.69, 9.17) is 13.5 Å². The second-order valence-corrected chi connectivity index (χ2v) is 12.9. The van der Waals surface area contributed by atoms with Crippen molar-refractivity contribution in [1.29, 1.82) is 0 Å². The van der Waals surface area contributed by atoms with Gasteiger partial charge in [0, 0.05) is 39.7 Å². The number of halogens is 1.